The largest absolute Gasteiger partial charge is 0.316 e. The molecule has 0 saturated carbocycles. The zero-order valence-electron chi connectivity index (χ0n) is 8.94. The summed E-state index contributed by atoms with van der Waals surface area (Å²) in [5.74, 6) is 0.963. The third kappa shape index (κ3) is 1.36. The Morgan fingerprint density at radius 3 is 3.12 bits per heavy atom. The second-order valence-electron chi connectivity index (χ2n) is 4.69. The molecule has 2 bridgehead atoms. The Morgan fingerprint density at radius 1 is 1.44 bits per heavy atom. The lowest BCUT2D eigenvalue weighted by Gasteiger charge is -2.37. The first-order valence-electron chi connectivity index (χ1n) is 5.63. The first-order chi connectivity index (χ1) is 7.78. The minimum absolute atomic E-state index is 0.0225. The molecule has 3 rings (SSSR count). The molecule has 0 spiro atoms. The van der Waals surface area contributed by atoms with Crippen LogP contribution in [0.3, 0.4) is 0 Å². The number of nitrogens with zero attached hydrogens (tertiary/aromatic N) is 2. The van der Waals surface area contributed by atoms with Crippen molar-refractivity contribution in [2.24, 2.45) is 5.92 Å². The third-order valence-electron chi connectivity index (χ3n) is 3.59. The van der Waals surface area contributed by atoms with E-state index in [1.165, 1.54) is 6.07 Å². The normalized spacial score (nSPS) is 26.9. The highest BCUT2D eigenvalue weighted by molar-refractivity contribution is 5.32. The van der Waals surface area contributed by atoms with Crippen molar-refractivity contribution in [2.75, 3.05) is 13.1 Å². The van der Waals surface area contributed by atoms with E-state index in [1.54, 1.807) is 0 Å². The molecule has 0 aliphatic carbocycles. The first kappa shape index (κ1) is 9.61. The van der Waals surface area contributed by atoms with Gasteiger partial charge in [0.25, 0.3) is 5.56 Å². The predicted octanol–water partition coefficient (Wildman–Crippen LogP) is 0.427. The van der Waals surface area contributed by atoms with Gasteiger partial charge < -0.3 is 9.88 Å². The van der Waals surface area contributed by atoms with Crippen LogP contribution in [0.5, 0.6) is 0 Å². The summed E-state index contributed by atoms with van der Waals surface area (Å²) in [5, 5.41) is 12.3. The molecule has 2 unspecified atom stereocenters. The Labute approximate surface area is 93.5 Å². The zero-order valence-corrected chi connectivity index (χ0v) is 8.94. The number of fused-ring (bicyclic) bond motifs is 4. The van der Waals surface area contributed by atoms with E-state index < -0.39 is 0 Å². The van der Waals surface area contributed by atoms with Crippen LogP contribution in [0.4, 0.5) is 0 Å². The molecule has 2 aliphatic rings. The Morgan fingerprint density at radius 2 is 2.31 bits per heavy atom. The van der Waals surface area contributed by atoms with E-state index in [1.807, 2.05) is 10.6 Å². The average Bonchev–Trinajstić information content (AvgIpc) is 2.31. The zero-order chi connectivity index (χ0) is 11.1. The summed E-state index contributed by atoms with van der Waals surface area (Å²) in [6.45, 7) is 2.72. The Hall–Kier alpha value is -1.60. The Kier molecular flexibility index (Phi) is 2.08. The maximum absolute atomic E-state index is 11.9. The molecule has 2 atom stereocenters. The topological polar surface area (TPSA) is 57.8 Å². The smallest absolute Gasteiger partial charge is 0.252 e. The molecule has 1 aromatic rings. The molecule has 0 aromatic carbocycles. The summed E-state index contributed by atoms with van der Waals surface area (Å²) in [4.78, 5) is 11.9. The van der Waals surface area contributed by atoms with E-state index in [4.69, 9.17) is 5.26 Å². The van der Waals surface area contributed by atoms with Gasteiger partial charge in [0.05, 0.1) is 11.6 Å². The highest BCUT2D eigenvalue weighted by Gasteiger charge is 2.30. The van der Waals surface area contributed by atoms with Gasteiger partial charge in [-0.1, -0.05) is 0 Å². The predicted molar refractivity (Wildman–Crippen MR) is 59.1 cm³/mol. The minimum atomic E-state index is -0.0225. The summed E-state index contributed by atoms with van der Waals surface area (Å²) < 4.78 is 1.85. The number of nitrogens with one attached hydrogen (secondary N) is 1. The van der Waals surface area contributed by atoms with Crippen LogP contribution in [-0.4, -0.2) is 17.7 Å². The summed E-state index contributed by atoms with van der Waals surface area (Å²) in [6.07, 6.45) is 1.14. The second-order valence-corrected chi connectivity index (χ2v) is 4.69. The van der Waals surface area contributed by atoms with Crippen LogP contribution < -0.4 is 10.9 Å². The average molecular weight is 215 g/mol. The van der Waals surface area contributed by atoms with E-state index in [9.17, 15) is 4.79 Å². The summed E-state index contributed by atoms with van der Waals surface area (Å²) in [5.41, 5.74) is 1.50. The summed E-state index contributed by atoms with van der Waals surface area (Å²) in [7, 11) is 0. The van der Waals surface area contributed by atoms with Crippen LogP contribution in [0.2, 0.25) is 0 Å². The highest BCUT2D eigenvalue weighted by Crippen LogP contribution is 2.31. The molecule has 0 radical (unpaired) electrons. The molecule has 4 heteroatoms. The summed E-state index contributed by atoms with van der Waals surface area (Å²) in [6, 6.07) is 5.37. The summed E-state index contributed by atoms with van der Waals surface area (Å²) >= 11 is 0. The van der Waals surface area contributed by atoms with Crippen molar-refractivity contribution in [2.45, 2.75) is 18.9 Å². The lowest BCUT2D eigenvalue weighted by atomic mass is 9.84. The van der Waals surface area contributed by atoms with Gasteiger partial charge in [0.1, 0.15) is 0 Å². The van der Waals surface area contributed by atoms with Crippen molar-refractivity contribution in [1.29, 1.82) is 5.26 Å². The molecule has 0 amide bonds. The fourth-order valence-corrected chi connectivity index (χ4v) is 2.87. The van der Waals surface area contributed by atoms with Crippen LogP contribution in [0.25, 0.3) is 0 Å². The van der Waals surface area contributed by atoms with Crippen LogP contribution >= 0.6 is 0 Å². The van der Waals surface area contributed by atoms with E-state index in [2.05, 4.69) is 11.4 Å². The molecular formula is C12H13N3O. The van der Waals surface area contributed by atoms with E-state index in [0.717, 1.165) is 31.7 Å². The van der Waals surface area contributed by atoms with Gasteiger partial charge >= 0.3 is 0 Å². The molecule has 1 N–H and O–H groups in total. The lowest BCUT2D eigenvalue weighted by Crippen LogP contribution is -2.44. The maximum Gasteiger partial charge on any atom is 0.252 e. The molecule has 3 heterocycles. The van der Waals surface area contributed by atoms with Crippen molar-refractivity contribution >= 4 is 0 Å². The van der Waals surface area contributed by atoms with Crippen LogP contribution in [-0.2, 0) is 6.54 Å². The lowest BCUT2D eigenvalue weighted by molar-refractivity contribution is 0.257. The number of hydrogen-bond donors (Lipinski definition) is 1. The van der Waals surface area contributed by atoms with Crippen molar-refractivity contribution in [3.8, 4) is 6.07 Å². The van der Waals surface area contributed by atoms with Crippen LogP contribution in [0.15, 0.2) is 16.9 Å². The van der Waals surface area contributed by atoms with Gasteiger partial charge in [-0.05, 0) is 24.9 Å². The monoisotopic (exact) mass is 215 g/mol. The molecule has 2 aliphatic heterocycles. The van der Waals surface area contributed by atoms with Crippen LogP contribution in [0, 0.1) is 17.2 Å². The van der Waals surface area contributed by atoms with Gasteiger partial charge in [-0.15, -0.1) is 0 Å². The number of piperidine rings is 1. The number of nitriles is 1. The maximum atomic E-state index is 11.9. The fourth-order valence-electron chi connectivity index (χ4n) is 2.87. The SMILES string of the molecule is N#Cc1cc2n(c(=O)c1)CC1CNCC2C1. The van der Waals surface area contributed by atoms with Crippen LogP contribution in [0.1, 0.15) is 23.6 Å². The molecule has 82 valence electrons. The molecular weight excluding hydrogens is 202 g/mol. The standard InChI is InChI=1S/C12H13N3O/c13-4-8-2-11-10-1-9(5-14-6-10)7-15(11)12(16)3-8/h2-3,9-10,14H,1,5-7H2. The van der Waals surface area contributed by atoms with Gasteiger partial charge in [0.15, 0.2) is 0 Å². The quantitative estimate of drug-likeness (QED) is 0.682. The van der Waals surface area contributed by atoms with Crippen molar-refractivity contribution in [3.05, 3.63) is 33.7 Å². The Bertz CT molecular complexity index is 526. The minimum Gasteiger partial charge on any atom is -0.316 e. The van der Waals surface area contributed by atoms with Crippen molar-refractivity contribution in [1.82, 2.24) is 9.88 Å². The van der Waals surface area contributed by atoms with Crippen molar-refractivity contribution in [3.63, 3.8) is 0 Å². The number of pyridine rings is 1. The fraction of sp³-hybridized carbons (Fsp3) is 0.500. The third-order valence-corrected chi connectivity index (χ3v) is 3.59. The molecule has 1 fully saturated rings. The second kappa shape index (κ2) is 3.46. The number of hydrogen-bond acceptors (Lipinski definition) is 3. The Balaban J connectivity index is 2.17. The van der Waals surface area contributed by atoms with Crippen molar-refractivity contribution < 1.29 is 0 Å². The first-order valence-corrected chi connectivity index (χ1v) is 5.63. The van der Waals surface area contributed by atoms with Gasteiger partial charge in [-0.2, -0.15) is 5.26 Å². The van der Waals surface area contributed by atoms with E-state index in [0.29, 0.717) is 17.4 Å². The van der Waals surface area contributed by atoms with E-state index in [-0.39, 0.29) is 5.56 Å². The molecule has 4 nitrogen and oxygen atoms in total. The van der Waals surface area contributed by atoms with Gasteiger partial charge in [-0.3, -0.25) is 4.79 Å². The molecule has 1 aromatic heterocycles. The molecule has 16 heavy (non-hydrogen) atoms. The van der Waals surface area contributed by atoms with E-state index >= 15 is 0 Å². The van der Waals surface area contributed by atoms with Gasteiger partial charge in [0.2, 0.25) is 0 Å². The molecule has 1 saturated heterocycles. The van der Waals surface area contributed by atoms with Gasteiger partial charge in [-0.25, -0.2) is 0 Å². The van der Waals surface area contributed by atoms with Gasteiger partial charge in [0, 0.05) is 30.8 Å². The highest BCUT2D eigenvalue weighted by atomic mass is 16.1. The number of aromatic nitrogens is 1. The number of rotatable bonds is 0.